The lowest BCUT2D eigenvalue weighted by molar-refractivity contribution is -0.141. The van der Waals surface area contributed by atoms with E-state index >= 15 is 0 Å². The van der Waals surface area contributed by atoms with Gasteiger partial charge in [0.25, 0.3) is 5.91 Å². The van der Waals surface area contributed by atoms with Crippen LogP contribution in [0.3, 0.4) is 0 Å². The molecule has 0 fully saturated rings. The fraction of sp³-hybridized carbons (Fsp3) is 0.185. The van der Waals surface area contributed by atoms with Crippen LogP contribution in [0.1, 0.15) is 21.7 Å². The highest BCUT2D eigenvalue weighted by atomic mass is 32.2. The number of carbonyl (C=O) groups excluding carboxylic acids is 1. The van der Waals surface area contributed by atoms with Crippen molar-refractivity contribution in [1.29, 1.82) is 0 Å². The number of sulfone groups is 1. The molecule has 1 aliphatic rings. The first-order valence-electron chi connectivity index (χ1n) is 12.5. The summed E-state index contributed by atoms with van der Waals surface area (Å²) in [5, 5.41) is 3.10. The number of nitrogens with zero attached hydrogens (tertiary/aromatic N) is 4. The zero-order valence-corrected chi connectivity index (χ0v) is 22.4. The molecule has 0 bridgehead atoms. The second-order valence-corrected chi connectivity index (χ2v) is 11.2. The minimum atomic E-state index is -4.96. The normalized spacial score (nSPS) is 13.8. The molecule has 0 aliphatic carbocycles. The van der Waals surface area contributed by atoms with Gasteiger partial charge in [-0.1, -0.05) is 0 Å². The van der Waals surface area contributed by atoms with Crippen molar-refractivity contribution in [3.8, 4) is 5.75 Å². The number of amides is 1. The number of hydrogen-bond donors (Lipinski definition) is 1. The minimum Gasteiger partial charge on any atom is -0.488 e. The van der Waals surface area contributed by atoms with Crippen LogP contribution in [0.25, 0.3) is 21.9 Å². The topological polar surface area (TPSA) is 128 Å². The van der Waals surface area contributed by atoms with Crippen molar-refractivity contribution in [2.45, 2.75) is 23.4 Å². The van der Waals surface area contributed by atoms with Crippen molar-refractivity contribution in [2.24, 2.45) is 0 Å². The SMILES string of the molecule is O=C(NCc1cc2nc(N3CCOc4ccc(C(F)(F)F)nc43)ccc2cn1)c1ccc2occ(S(=O)(=O)C(F)F)c2c1. The quantitative estimate of drug-likeness (QED) is 0.254. The van der Waals surface area contributed by atoms with Crippen LogP contribution in [-0.4, -0.2) is 48.2 Å². The van der Waals surface area contributed by atoms with Crippen LogP contribution in [-0.2, 0) is 22.6 Å². The Kier molecular flexibility index (Phi) is 6.87. The van der Waals surface area contributed by atoms with E-state index in [4.69, 9.17) is 9.15 Å². The summed E-state index contributed by atoms with van der Waals surface area (Å²) in [6, 6.07) is 10.8. The molecule has 1 aliphatic heterocycles. The van der Waals surface area contributed by atoms with Gasteiger partial charge >= 0.3 is 11.9 Å². The Morgan fingerprint density at radius 2 is 1.88 bits per heavy atom. The van der Waals surface area contributed by atoms with Crippen LogP contribution >= 0.6 is 0 Å². The predicted octanol–water partition coefficient (Wildman–Crippen LogP) is 5.25. The van der Waals surface area contributed by atoms with Gasteiger partial charge in [-0.2, -0.15) is 22.0 Å². The summed E-state index contributed by atoms with van der Waals surface area (Å²) in [5.41, 5.74) is -0.225. The number of benzene rings is 1. The Labute approximate surface area is 239 Å². The van der Waals surface area contributed by atoms with Gasteiger partial charge < -0.3 is 19.4 Å². The highest BCUT2D eigenvalue weighted by Crippen LogP contribution is 2.38. The molecule has 10 nitrogen and oxygen atoms in total. The number of nitrogens with one attached hydrogen (secondary N) is 1. The number of pyridine rings is 3. The molecular formula is C27H18F5N5O5S. The Morgan fingerprint density at radius 1 is 1.07 bits per heavy atom. The number of alkyl halides is 5. The summed E-state index contributed by atoms with van der Waals surface area (Å²) in [4.78, 5) is 26.3. The van der Waals surface area contributed by atoms with E-state index in [9.17, 15) is 35.2 Å². The van der Waals surface area contributed by atoms with Crippen LogP contribution in [0.5, 0.6) is 5.75 Å². The lowest BCUT2D eigenvalue weighted by Crippen LogP contribution is -2.30. The number of hydrogen-bond acceptors (Lipinski definition) is 9. The maximum absolute atomic E-state index is 13.3. The third-order valence-electron chi connectivity index (χ3n) is 6.62. The summed E-state index contributed by atoms with van der Waals surface area (Å²) in [6.07, 6.45) is -2.43. The third kappa shape index (κ3) is 5.29. The molecule has 222 valence electrons. The molecule has 5 heterocycles. The number of ether oxygens (including phenoxy) is 1. The van der Waals surface area contributed by atoms with Gasteiger partial charge in [0.05, 0.1) is 24.3 Å². The van der Waals surface area contributed by atoms with E-state index in [0.717, 1.165) is 12.1 Å². The first kappa shape index (κ1) is 28.3. The molecule has 4 aromatic heterocycles. The van der Waals surface area contributed by atoms with E-state index in [1.807, 2.05) is 0 Å². The lowest BCUT2D eigenvalue weighted by atomic mass is 10.1. The number of anilines is 2. The summed E-state index contributed by atoms with van der Waals surface area (Å²) in [6.45, 7) is 0.325. The average Bonchev–Trinajstić information content (AvgIpc) is 3.42. The second kappa shape index (κ2) is 10.4. The summed E-state index contributed by atoms with van der Waals surface area (Å²) in [7, 11) is -4.96. The van der Waals surface area contributed by atoms with E-state index in [2.05, 4.69) is 20.3 Å². The molecule has 0 spiro atoms. The maximum Gasteiger partial charge on any atom is 0.433 e. The van der Waals surface area contributed by atoms with Crippen LogP contribution in [0.4, 0.5) is 33.6 Å². The Balaban J connectivity index is 1.24. The fourth-order valence-electron chi connectivity index (χ4n) is 4.51. The van der Waals surface area contributed by atoms with Crippen LogP contribution < -0.4 is 15.0 Å². The molecule has 0 saturated carbocycles. The molecular weight excluding hydrogens is 601 g/mol. The number of rotatable bonds is 6. The molecule has 5 aromatic rings. The molecule has 1 N–H and O–H groups in total. The van der Waals surface area contributed by atoms with Crippen molar-refractivity contribution < 1.29 is 44.3 Å². The van der Waals surface area contributed by atoms with Gasteiger partial charge in [-0.15, -0.1) is 0 Å². The van der Waals surface area contributed by atoms with E-state index in [0.29, 0.717) is 28.7 Å². The van der Waals surface area contributed by atoms with Gasteiger partial charge in [0.1, 0.15) is 34.9 Å². The number of aromatic nitrogens is 3. The Bertz CT molecular complexity index is 2000. The highest BCUT2D eigenvalue weighted by molar-refractivity contribution is 7.92. The van der Waals surface area contributed by atoms with Gasteiger partial charge in [-0.25, -0.2) is 18.4 Å². The van der Waals surface area contributed by atoms with Crippen molar-refractivity contribution in [3.05, 3.63) is 77.9 Å². The van der Waals surface area contributed by atoms with Gasteiger partial charge in [0, 0.05) is 22.5 Å². The van der Waals surface area contributed by atoms with Crippen molar-refractivity contribution in [2.75, 3.05) is 18.1 Å². The zero-order valence-electron chi connectivity index (χ0n) is 21.6. The fourth-order valence-corrected chi connectivity index (χ4v) is 5.35. The third-order valence-corrected chi connectivity index (χ3v) is 8.02. The smallest absolute Gasteiger partial charge is 0.433 e. The maximum atomic E-state index is 13.3. The van der Waals surface area contributed by atoms with Gasteiger partial charge in [-0.05, 0) is 48.5 Å². The van der Waals surface area contributed by atoms with Crippen molar-refractivity contribution in [1.82, 2.24) is 20.3 Å². The largest absolute Gasteiger partial charge is 0.488 e. The monoisotopic (exact) mass is 619 g/mol. The first-order chi connectivity index (χ1) is 20.4. The summed E-state index contributed by atoms with van der Waals surface area (Å²) < 4.78 is 100. The van der Waals surface area contributed by atoms with Crippen LogP contribution in [0.2, 0.25) is 0 Å². The lowest BCUT2D eigenvalue weighted by Gasteiger charge is -2.29. The zero-order chi connectivity index (χ0) is 30.5. The van der Waals surface area contributed by atoms with E-state index in [1.165, 1.54) is 29.3 Å². The molecule has 0 unspecified atom stereocenters. The second-order valence-electron chi connectivity index (χ2n) is 9.35. The average molecular weight is 620 g/mol. The molecule has 43 heavy (non-hydrogen) atoms. The van der Waals surface area contributed by atoms with Gasteiger partial charge in [0.15, 0.2) is 11.6 Å². The Hall–Kier alpha value is -4.86. The molecule has 0 saturated heterocycles. The summed E-state index contributed by atoms with van der Waals surface area (Å²) >= 11 is 0. The van der Waals surface area contributed by atoms with E-state index < -0.39 is 38.3 Å². The predicted molar refractivity (Wildman–Crippen MR) is 142 cm³/mol. The molecule has 16 heteroatoms. The molecule has 0 atom stereocenters. The number of halogens is 5. The number of carbonyl (C=O) groups is 1. The molecule has 6 rings (SSSR count). The molecule has 1 aromatic carbocycles. The number of furan rings is 1. The van der Waals surface area contributed by atoms with E-state index in [1.54, 1.807) is 18.2 Å². The Morgan fingerprint density at radius 3 is 2.65 bits per heavy atom. The van der Waals surface area contributed by atoms with Crippen molar-refractivity contribution in [3.63, 3.8) is 0 Å². The standard InChI is InChI=1S/C27H18F5N5O5S/c28-26(29)43(39,40)21-13-42-19-3-1-14(9-17(19)21)25(38)34-12-16-10-18-15(11-33-16)2-6-23(35-18)37-7-8-41-20-4-5-22(27(30,31)32)36-24(20)37/h1-6,9-11,13,26H,7-8,12H2,(H,34,38). The van der Waals surface area contributed by atoms with Gasteiger partial charge in [-0.3, -0.25) is 9.78 Å². The van der Waals surface area contributed by atoms with Crippen LogP contribution in [0, 0.1) is 0 Å². The molecule has 1 amide bonds. The first-order valence-corrected chi connectivity index (χ1v) is 14.0. The number of fused-ring (bicyclic) bond motifs is 3. The highest BCUT2D eigenvalue weighted by Gasteiger charge is 2.35. The van der Waals surface area contributed by atoms with Gasteiger partial charge in [0.2, 0.25) is 9.84 Å². The molecule has 0 radical (unpaired) electrons. The minimum absolute atomic E-state index is 0.00229. The van der Waals surface area contributed by atoms with E-state index in [-0.39, 0.29) is 47.8 Å². The van der Waals surface area contributed by atoms with Crippen molar-refractivity contribution >= 4 is 49.3 Å². The van der Waals surface area contributed by atoms with Crippen LogP contribution in [0.15, 0.2) is 70.3 Å². The summed E-state index contributed by atoms with van der Waals surface area (Å²) in [5.74, 6) is -3.80.